The molecule has 1 aliphatic heterocycles. The Bertz CT molecular complexity index is 1280. The minimum Gasteiger partial charge on any atom is -0.303 e. The monoisotopic (exact) mass is 458 g/mol. The number of carbonyl (C=O) groups is 2. The van der Waals surface area contributed by atoms with E-state index in [2.05, 4.69) is 4.98 Å². The first kappa shape index (κ1) is 22.6. The highest BCUT2D eigenvalue weighted by Crippen LogP contribution is 2.28. The second-order valence-corrected chi connectivity index (χ2v) is 8.49. The van der Waals surface area contributed by atoms with Crippen molar-refractivity contribution >= 4 is 40.9 Å². The standard InChI is InChI=1S/C26H26N4O2S/c1-5-13-28-24(31)22(25(32)30(26(28)33)21-9-7-6-8-10-21)16-20-15-18(3)29(19(20)4)23-14-17(2)11-12-27-23/h6-12,14-16H,5,13H2,1-4H3/b22-16+. The number of rotatable bonds is 5. The van der Waals surface area contributed by atoms with E-state index < -0.39 is 5.91 Å². The average molecular weight is 459 g/mol. The number of anilines is 1. The van der Waals surface area contributed by atoms with Crippen LogP contribution in [0, 0.1) is 20.8 Å². The molecule has 0 spiro atoms. The van der Waals surface area contributed by atoms with E-state index in [-0.39, 0.29) is 16.6 Å². The van der Waals surface area contributed by atoms with E-state index in [1.807, 2.05) is 80.8 Å². The largest absolute Gasteiger partial charge is 0.303 e. The summed E-state index contributed by atoms with van der Waals surface area (Å²) in [7, 11) is 0. The molecule has 0 saturated carbocycles. The molecule has 1 aromatic carbocycles. The number of para-hydroxylation sites is 1. The third kappa shape index (κ3) is 4.12. The van der Waals surface area contributed by atoms with Gasteiger partial charge in [0.15, 0.2) is 5.11 Å². The fourth-order valence-electron chi connectivity index (χ4n) is 4.09. The molecule has 3 aromatic rings. The van der Waals surface area contributed by atoms with E-state index >= 15 is 0 Å². The second-order valence-electron chi connectivity index (χ2n) is 8.13. The Morgan fingerprint density at radius 1 is 1.00 bits per heavy atom. The van der Waals surface area contributed by atoms with Crippen LogP contribution in [0.1, 0.15) is 35.9 Å². The SMILES string of the molecule is CCCN1C(=O)/C(=C\c2cc(C)n(-c3cc(C)ccn3)c2C)C(=O)N(c2ccccc2)C1=S. The zero-order chi connectivity index (χ0) is 23.7. The first-order valence-corrected chi connectivity index (χ1v) is 11.3. The molecule has 4 rings (SSSR count). The smallest absolute Gasteiger partial charge is 0.270 e. The van der Waals surface area contributed by atoms with Crippen molar-refractivity contribution in [2.75, 3.05) is 11.4 Å². The van der Waals surface area contributed by atoms with E-state index in [0.29, 0.717) is 12.2 Å². The molecule has 3 heterocycles. The van der Waals surface area contributed by atoms with Crippen molar-refractivity contribution in [2.45, 2.75) is 34.1 Å². The van der Waals surface area contributed by atoms with E-state index in [0.717, 1.165) is 34.8 Å². The van der Waals surface area contributed by atoms with Crippen LogP contribution in [0.5, 0.6) is 0 Å². The van der Waals surface area contributed by atoms with Crippen LogP contribution in [0.3, 0.4) is 0 Å². The summed E-state index contributed by atoms with van der Waals surface area (Å²) in [6.07, 6.45) is 4.18. The lowest BCUT2D eigenvalue weighted by Crippen LogP contribution is -2.56. The third-order valence-corrected chi connectivity index (χ3v) is 6.10. The van der Waals surface area contributed by atoms with Crippen molar-refractivity contribution in [1.29, 1.82) is 0 Å². The summed E-state index contributed by atoms with van der Waals surface area (Å²) in [6, 6.07) is 15.1. The quantitative estimate of drug-likeness (QED) is 0.315. The van der Waals surface area contributed by atoms with Gasteiger partial charge in [-0.25, -0.2) is 4.98 Å². The Labute approximate surface area is 199 Å². The molecule has 0 unspecified atom stereocenters. The Hall–Kier alpha value is -3.58. The lowest BCUT2D eigenvalue weighted by atomic mass is 10.1. The molecule has 0 N–H and O–H groups in total. The summed E-state index contributed by atoms with van der Waals surface area (Å²) in [5.74, 6) is 0.0233. The predicted molar refractivity (Wildman–Crippen MR) is 134 cm³/mol. The van der Waals surface area contributed by atoms with Gasteiger partial charge in [0.2, 0.25) is 0 Å². The number of benzene rings is 1. The van der Waals surface area contributed by atoms with Crippen molar-refractivity contribution in [3.63, 3.8) is 0 Å². The highest BCUT2D eigenvalue weighted by molar-refractivity contribution is 7.80. The maximum atomic E-state index is 13.5. The van der Waals surface area contributed by atoms with Crippen molar-refractivity contribution in [3.8, 4) is 5.82 Å². The molecule has 0 aliphatic carbocycles. The van der Waals surface area contributed by atoms with Gasteiger partial charge in [-0.15, -0.1) is 0 Å². The van der Waals surface area contributed by atoms with E-state index in [9.17, 15) is 9.59 Å². The molecule has 168 valence electrons. The van der Waals surface area contributed by atoms with E-state index in [1.165, 1.54) is 9.80 Å². The number of hydrogen-bond donors (Lipinski definition) is 0. The Kier molecular flexibility index (Phi) is 6.24. The van der Waals surface area contributed by atoms with Crippen LogP contribution in [0.25, 0.3) is 11.9 Å². The first-order valence-electron chi connectivity index (χ1n) is 10.9. The molecular formula is C26H26N4O2S. The molecule has 2 aromatic heterocycles. The van der Waals surface area contributed by atoms with Crippen LogP contribution in [0.15, 0.2) is 60.3 Å². The fourth-order valence-corrected chi connectivity index (χ4v) is 4.45. The fraction of sp³-hybridized carbons (Fsp3) is 0.231. The molecule has 6 nitrogen and oxygen atoms in total. The van der Waals surface area contributed by atoms with Crippen LogP contribution in [0.4, 0.5) is 5.69 Å². The van der Waals surface area contributed by atoms with Crippen LogP contribution in [0.2, 0.25) is 0 Å². The maximum Gasteiger partial charge on any atom is 0.270 e. The zero-order valence-corrected chi connectivity index (χ0v) is 20.0. The van der Waals surface area contributed by atoms with Crippen molar-refractivity contribution in [1.82, 2.24) is 14.5 Å². The van der Waals surface area contributed by atoms with Gasteiger partial charge < -0.3 is 4.57 Å². The van der Waals surface area contributed by atoms with Gasteiger partial charge in [0.25, 0.3) is 11.8 Å². The van der Waals surface area contributed by atoms with Gasteiger partial charge in [-0.3, -0.25) is 19.4 Å². The Morgan fingerprint density at radius 3 is 2.39 bits per heavy atom. The van der Waals surface area contributed by atoms with Crippen molar-refractivity contribution in [2.24, 2.45) is 0 Å². The maximum absolute atomic E-state index is 13.5. The van der Waals surface area contributed by atoms with E-state index in [1.54, 1.807) is 12.3 Å². The number of aryl methyl sites for hydroxylation is 2. The summed E-state index contributed by atoms with van der Waals surface area (Å²) < 4.78 is 2.03. The van der Waals surface area contributed by atoms with Crippen LogP contribution >= 0.6 is 12.2 Å². The number of hydrogen-bond acceptors (Lipinski definition) is 4. The molecular weight excluding hydrogens is 432 g/mol. The second kappa shape index (κ2) is 9.11. The van der Waals surface area contributed by atoms with Gasteiger partial charge in [-0.05, 0) is 86.9 Å². The lowest BCUT2D eigenvalue weighted by Gasteiger charge is -2.36. The van der Waals surface area contributed by atoms with Crippen molar-refractivity contribution < 1.29 is 9.59 Å². The average Bonchev–Trinajstić information content (AvgIpc) is 3.07. The molecule has 1 fully saturated rings. The number of nitrogens with zero attached hydrogens (tertiary/aromatic N) is 4. The lowest BCUT2D eigenvalue weighted by molar-refractivity contribution is -0.127. The minimum atomic E-state index is -0.415. The molecule has 7 heteroatoms. The highest BCUT2D eigenvalue weighted by Gasteiger charge is 2.40. The highest BCUT2D eigenvalue weighted by atomic mass is 32.1. The number of pyridine rings is 1. The molecule has 33 heavy (non-hydrogen) atoms. The summed E-state index contributed by atoms with van der Waals surface area (Å²) in [5.41, 5.74) is 4.51. The van der Waals surface area contributed by atoms with Crippen LogP contribution < -0.4 is 4.90 Å². The molecule has 0 radical (unpaired) electrons. The van der Waals surface area contributed by atoms with Crippen molar-refractivity contribution in [3.05, 3.63) is 82.8 Å². The minimum absolute atomic E-state index is 0.0957. The van der Waals surface area contributed by atoms with Gasteiger partial charge in [0.05, 0.1) is 5.69 Å². The molecule has 2 amide bonds. The van der Waals surface area contributed by atoms with E-state index in [4.69, 9.17) is 12.2 Å². The summed E-state index contributed by atoms with van der Waals surface area (Å²) in [4.78, 5) is 34.3. The van der Waals surface area contributed by atoms with Gasteiger partial charge in [0.1, 0.15) is 11.4 Å². The van der Waals surface area contributed by atoms with Crippen LogP contribution in [-0.4, -0.2) is 37.9 Å². The Balaban J connectivity index is 1.82. The van der Waals surface area contributed by atoms with Gasteiger partial charge in [-0.2, -0.15) is 0 Å². The topological polar surface area (TPSA) is 58.4 Å². The molecule has 0 bridgehead atoms. The summed E-state index contributed by atoms with van der Waals surface area (Å²) in [6.45, 7) is 8.39. The number of thiocarbonyl (C=S) groups is 1. The zero-order valence-electron chi connectivity index (χ0n) is 19.2. The molecule has 1 aliphatic rings. The van der Waals surface area contributed by atoms with Gasteiger partial charge in [0, 0.05) is 24.1 Å². The predicted octanol–water partition coefficient (Wildman–Crippen LogP) is 4.75. The van der Waals surface area contributed by atoms with Crippen LogP contribution in [-0.2, 0) is 9.59 Å². The normalized spacial score (nSPS) is 15.6. The van der Waals surface area contributed by atoms with Gasteiger partial charge in [-0.1, -0.05) is 25.1 Å². The third-order valence-electron chi connectivity index (χ3n) is 5.69. The number of amides is 2. The summed E-state index contributed by atoms with van der Waals surface area (Å²) >= 11 is 5.57. The summed E-state index contributed by atoms with van der Waals surface area (Å²) in [5, 5.41) is 0.213. The molecule has 0 atom stereocenters. The number of carbonyl (C=O) groups excluding carboxylic acids is 2. The first-order chi connectivity index (χ1) is 15.8. The Morgan fingerprint density at radius 2 is 1.73 bits per heavy atom. The molecule has 1 saturated heterocycles. The van der Waals surface area contributed by atoms with Gasteiger partial charge >= 0.3 is 0 Å². The number of aromatic nitrogens is 2.